The lowest BCUT2D eigenvalue weighted by Gasteiger charge is -2.07. The highest BCUT2D eigenvalue weighted by Gasteiger charge is 2.11. The van der Waals surface area contributed by atoms with Crippen molar-refractivity contribution in [2.75, 3.05) is 5.75 Å². The molecular formula is C20H20N2O3S. The van der Waals surface area contributed by atoms with Crippen molar-refractivity contribution < 1.29 is 13.9 Å². The van der Waals surface area contributed by atoms with Gasteiger partial charge >= 0.3 is 0 Å². The predicted molar refractivity (Wildman–Crippen MR) is 101 cm³/mol. The third-order valence-electron chi connectivity index (χ3n) is 3.78. The summed E-state index contributed by atoms with van der Waals surface area (Å²) < 4.78 is 11.2. The summed E-state index contributed by atoms with van der Waals surface area (Å²) in [4.78, 5) is 12.1. The standard InChI is InChI=1S/C20H20N2O3S/c1-14(2)15-8-10-17(11-9-15)24-12-19-21-22-20(25-19)26-13-18(23)16-6-4-3-5-7-16/h3-11,14H,12-13H2,1-2H3. The topological polar surface area (TPSA) is 65.2 Å². The Bertz CT molecular complexity index is 845. The van der Waals surface area contributed by atoms with Crippen LogP contribution in [0.25, 0.3) is 0 Å². The second-order valence-corrected chi connectivity index (χ2v) is 6.98. The SMILES string of the molecule is CC(C)c1ccc(OCc2nnc(SCC(=O)c3ccccc3)o2)cc1. The first kappa shape index (κ1) is 18.2. The number of thioether (sulfide) groups is 1. The van der Waals surface area contributed by atoms with E-state index in [0.29, 0.717) is 22.6 Å². The molecule has 1 heterocycles. The van der Waals surface area contributed by atoms with Crippen LogP contribution in [0.5, 0.6) is 5.75 Å². The Morgan fingerprint density at radius 3 is 2.50 bits per heavy atom. The number of ether oxygens (including phenoxy) is 1. The normalized spacial score (nSPS) is 10.9. The number of Topliss-reactive ketones (excluding diaryl/α,β-unsaturated/α-hetero) is 1. The Balaban J connectivity index is 1.49. The molecule has 0 aliphatic heterocycles. The van der Waals surface area contributed by atoms with E-state index in [1.54, 1.807) is 12.1 Å². The van der Waals surface area contributed by atoms with Gasteiger partial charge < -0.3 is 9.15 Å². The largest absolute Gasteiger partial charge is 0.484 e. The highest BCUT2D eigenvalue weighted by molar-refractivity contribution is 7.99. The number of hydrogen-bond donors (Lipinski definition) is 0. The molecule has 5 nitrogen and oxygen atoms in total. The van der Waals surface area contributed by atoms with Crippen LogP contribution in [0.4, 0.5) is 0 Å². The molecule has 0 atom stereocenters. The van der Waals surface area contributed by atoms with Gasteiger partial charge in [-0.25, -0.2) is 0 Å². The van der Waals surface area contributed by atoms with E-state index >= 15 is 0 Å². The second kappa shape index (κ2) is 8.67. The van der Waals surface area contributed by atoms with Gasteiger partial charge in [-0.2, -0.15) is 0 Å². The summed E-state index contributed by atoms with van der Waals surface area (Å²) in [7, 11) is 0. The zero-order valence-electron chi connectivity index (χ0n) is 14.7. The maximum atomic E-state index is 12.1. The molecule has 2 aromatic carbocycles. The summed E-state index contributed by atoms with van der Waals surface area (Å²) >= 11 is 1.23. The van der Waals surface area contributed by atoms with Crippen molar-refractivity contribution in [1.29, 1.82) is 0 Å². The summed E-state index contributed by atoms with van der Waals surface area (Å²) in [5, 5.41) is 8.26. The number of rotatable bonds is 8. The Morgan fingerprint density at radius 1 is 1.08 bits per heavy atom. The highest BCUT2D eigenvalue weighted by atomic mass is 32.2. The molecule has 0 N–H and O–H groups in total. The number of hydrogen-bond acceptors (Lipinski definition) is 6. The quantitative estimate of drug-likeness (QED) is 0.422. The number of benzene rings is 2. The maximum absolute atomic E-state index is 12.1. The average molecular weight is 368 g/mol. The molecular weight excluding hydrogens is 348 g/mol. The minimum atomic E-state index is 0.0249. The van der Waals surface area contributed by atoms with E-state index in [4.69, 9.17) is 9.15 Å². The van der Waals surface area contributed by atoms with E-state index in [9.17, 15) is 4.79 Å². The number of aromatic nitrogens is 2. The van der Waals surface area contributed by atoms with Gasteiger partial charge in [0.2, 0.25) is 0 Å². The molecule has 0 radical (unpaired) electrons. The van der Waals surface area contributed by atoms with Crippen LogP contribution in [0.15, 0.2) is 64.2 Å². The highest BCUT2D eigenvalue weighted by Crippen LogP contribution is 2.21. The Kier molecular flexibility index (Phi) is 6.07. The van der Waals surface area contributed by atoms with Crippen LogP contribution in [0.1, 0.15) is 41.6 Å². The molecule has 3 rings (SSSR count). The molecule has 6 heteroatoms. The summed E-state index contributed by atoms with van der Waals surface area (Å²) in [6, 6.07) is 17.1. The van der Waals surface area contributed by atoms with Crippen LogP contribution >= 0.6 is 11.8 Å². The fourth-order valence-corrected chi connectivity index (χ4v) is 2.96. The Labute approximate surface area is 156 Å². The van der Waals surface area contributed by atoms with Crippen molar-refractivity contribution in [3.05, 3.63) is 71.6 Å². The van der Waals surface area contributed by atoms with Gasteiger partial charge in [0.1, 0.15) is 5.75 Å². The lowest BCUT2D eigenvalue weighted by Crippen LogP contribution is -2.01. The third-order valence-corrected chi connectivity index (χ3v) is 4.60. The molecule has 0 unspecified atom stereocenters. The minimum Gasteiger partial charge on any atom is -0.484 e. The second-order valence-electron chi connectivity index (χ2n) is 6.05. The number of nitrogens with zero attached hydrogens (tertiary/aromatic N) is 2. The van der Waals surface area contributed by atoms with Gasteiger partial charge in [0, 0.05) is 5.56 Å². The van der Waals surface area contributed by atoms with Crippen LogP contribution in [-0.4, -0.2) is 21.7 Å². The first-order valence-corrected chi connectivity index (χ1v) is 9.36. The van der Waals surface area contributed by atoms with E-state index in [-0.39, 0.29) is 18.1 Å². The molecule has 0 bridgehead atoms. The zero-order chi connectivity index (χ0) is 18.4. The summed E-state index contributed by atoms with van der Waals surface area (Å²) in [6.45, 7) is 4.49. The molecule has 134 valence electrons. The van der Waals surface area contributed by atoms with Gasteiger partial charge in [-0.1, -0.05) is 68.1 Å². The van der Waals surface area contributed by atoms with Crippen molar-refractivity contribution in [2.24, 2.45) is 0 Å². The molecule has 3 aromatic rings. The average Bonchev–Trinajstić information content (AvgIpc) is 3.13. The van der Waals surface area contributed by atoms with Crippen molar-refractivity contribution in [1.82, 2.24) is 10.2 Å². The summed E-state index contributed by atoms with van der Waals surface area (Å²) in [5.41, 5.74) is 1.94. The van der Waals surface area contributed by atoms with E-state index < -0.39 is 0 Å². The fraction of sp³-hybridized carbons (Fsp3) is 0.250. The van der Waals surface area contributed by atoms with Crippen LogP contribution < -0.4 is 4.74 Å². The Hall–Kier alpha value is -2.60. The van der Waals surface area contributed by atoms with Gasteiger partial charge in [0.05, 0.1) is 5.75 Å². The van der Waals surface area contributed by atoms with E-state index in [1.807, 2.05) is 42.5 Å². The molecule has 1 aromatic heterocycles. The van der Waals surface area contributed by atoms with Crippen molar-refractivity contribution in [3.63, 3.8) is 0 Å². The molecule has 0 fully saturated rings. The smallest absolute Gasteiger partial charge is 0.277 e. The molecule has 26 heavy (non-hydrogen) atoms. The van der Waals surface area contributed by atoms with Gasteiger partial charge in [-0.05, 0) is 23.6 Å². The van der Waals surface area contributed by atoms with Crippen molar-refractivity contribution >= 4 is 17.5 Å². The number of carbonyl (C=O) groups is 1. The van der Waals surface area contributed by atoms with Gasteiger partial charge in [-0.3, -0.25) is 4.79 Å². The number of ketones is 1. The van der Waals surface area contributed by atoms with E-state index in [1.165, 1.54) is 17.3 Å². The summed E-state index contributed by atoms with van der Waals surface area (Å²) in [5.74, 6) is 1.90. The van der Waals surface area contributed by atoms with Crippen molar-refractivity contribution in [3.8, 4) is 5.75 Å². The van der Waals surface area contributed by atoms with Crippen molar-refractivity contribution in [2.45, 2.75) is 31.6 Å². The van der Waals surface area contributed by atoms with Crippen LogP contribution in [0.3, 0.4) is 0 Å². The first-order chi connectivity index (χ1) is 12.6. The van der Waals surface area contributed by atoms with Gasteiger partial charge in [0.25, 0.3) is 11.1 Å². The minimum absolute atomic E-state index is 0.0249. The van der Waals surface area contributed by atoms with E-state index in [2.05, 4.69) is 24.0 Å². The molecule has 0 amide bonds. The zero-order valence-corrected chi connectivity index (χ0v) is 15.5. The molecule has 0 saturated heterocycles. The molecule has 0 saturated carbocycles. The van der Waals surface area contributed by atoms with Gasteiger partial charge in [-0.15, -0.1) is 10.2 Å². The lowest BCUT2D eigenvalue weighted by atomic mass is 10.0. The fourth-order valence-electron chi connectivity index (χ4n) is 2.28. The third kappa shape index (κ3) is 4.95. The van der Waals surface area contributed by atoms with Gasteiger partial charge in [0.15, 0.2) is 12.4 Å². The molecule has 0 spiro atoms. The monoisotopic (exact) mass is 368 g/mol. The maximum Gasteiger partial charge on any atom is 0.277 e. The first-order valence-electron chi connectivity index (χ1n) is 8.38. The van der Waals surface area contributed by atoms with Crippen LogP contribution in [-0.2, 0) is 6.61 Å². The molecule has 0 aliphatic rings. The predicted octanol–water partition coefficient (Wildman–Crippen LogP) is 4.75. The van der Waals surface area contributed by atoms with Crippen LogP contribution in [0.2, 0.25) is 0 Å². The summed E-state index contributed by atoms with van der Waals surface area (Å²) in [6.07, 6.45) is 0. The Morgan fingerprint density at radius 2 is 1.81 bits per heavy atom. The lowest BCUT2D eigenvalue weighted by molar-refractivity contribution is 0.102. The van der Waals surface area contributed by atoms with Crippen LogP contribution in [0, 0.1) is 0 Å². The molecule has 0 aliphatic carbocycles. The number of carbonyl (C=O) groups excluding carboxylic acids is 1. The van der Waals surface area contributed by atoms with E-state index in [0.717, 1.165) is 5.75 Å².